The van der Waals surface area contributed by atoms with Crippen LogP contribution >= 0.6 is 12.4 Å². The summed E-state index contributed by atoms with van der Waals surface area (Å²) in [6.07, 6.45) is 0.371. The molecule has 0 bridgehead atoms. The number of hydrogen-bond donors (Lipinski definition) is 1. The standard InChI is InChI=1S/C18H15F2NO3.ClH/c19-14-4-1-11(2-5-14)12-3-6-15(16(20)9-12)17(22)21-8-7-13(10-21)18(23)24;/h1-6,9,13H,7-8,10H2,(H,23,24);1H. The summed E-state index contributed by atoms with van der Waals surface area (Å²) in [5.74, 6) is -3.12. The van der Waals surface area contributed by atoms with Crippen molar-refractivity contribution in [2.45, 2.75) is 6.42 Å². The van der Waals surface area contributed by atoms with E-state index in [1.807, 2.05) is 0 Å². The summed E-state index contributed by atoms with van der Waals surface area (Å²) in [4.78, 5) is 24.7. The highest BCUT2D eigenvalue weighted by atomic mass is 35.5. The first kappa shape index (κ1) is 18.9. The third-order valence-electron chi connectivity index (χ3n) is 4.20. The quantitative estimate of drug-likeness (QED) is 0.901. The van der Waals surface area contributed by atoms with E-state index >= 15 is 0 Å². The summed E-state index contributed by atoms with van der Waals surface area (Å²) in [6.45, 7) is 0.391. The number of carboxylic acids is 1. The molecule has 132 valence electrons. The second-order valence-corrected chi connectivity index (χ2v) is 5.78. The van der Waals surface area contributed by atoms with Gasteiger partial charge in [-0.15, -0.1) is 12.4 Å². The minimum atomic E-state index is -0.947. The van der Waals surface area contributed by atoms with E-state index in [1.54, 1.807) is 6.07 Å². The van der Waals surface area contributed by atoms with Gasteiger partial charge in [0.2, 0.25) is 0 Å². The molecule has 1 heterocycles. The van der Waals surface area contributed by atoms with Crippen molar-refractivity contribution >= 4 is 24.3 Å². The van der Waals surface area contributed by atoms with Crippen LogP contribution < -0.4 is 0 Å². The Morgan fingerprint density at radius 1 is 1.04 bits per heavy atom. The van der Waals surface area contributed by atoms with Crippen LogP contribution in [0.3, 0.4) is 0 Å². The predicted molar refractivity (Wildman–Crippen MR) is 90.7 cm³/mol. The van der Waals surface area contributed by atoms with Gasteiger partial charge in [0.1, 0.15) is 11.6 Å². The maximum atomic E-state index is 14.3. The van der Waals surface area contributed by atoms with E-state index in [0.29, 0.717) is 24.1 Å². The number of aliphatic carboxylic acids is 1. The van der Waals surface area contributed by atoms with Crippen LogP contribution in [-0.4, -0.2) is 35.0 Å². The Balaban J connectivity index is 0.00000225. The van der Waals surface area contributed by atoms with E-state index in [1.165, 1.54) is 41.3 Å². The SMILES string of the molecule is Cl.O=C(O)C1CCN(C(=O)c2ccc(-c3ccc(F)cc3)cc2F)C1. The molecule has 1 N–H and O–H groups in total. The average Bonchev–Trinajstić information content (AvgIpc) is 3.05. The fourth-order valence-corrected chi connectivity index (χ4v) is 2.83. The molecular weight excluding hydrogens is 352 g/mol. The zero-order valence-electron chi connectivity index (χ0n) is 13.1. The molecule has 0 aliphatic carbocycles. The van der Waals surface area contributed by atoms with E-state index in [-0.39, 0.29) is 30.3 Å². The van der Waals surface area contributed by atoms with Crippen molar-refractivity contribution in [3.05, 3.63) is 59.7 Å². The van der Waals surface area contributed by atoms with E-state index in [9.17, 15) is 18.4 Å². The minimum Gasteiger partial charge on any atom is -0.481 e. The number of carbonyl (C=O) groups is 2. The summed E-state index contributed by atoms with van der Waals surface area (Å²) in [7, 11) is 0. The highest BCUT2D eigenvalue weighted by Crippen LogP contribution is 2.25. The zero-order valence-corrected chi connectivity index (χ0v) is 13.9. The van der Waals surface area contributed by atoms with Crippen LogP contribution in [0, 0.1) is 17.6 Å². The summed E-state index contributed by atoms with van der Waals surface area (Å²) in [6, 6.07) is 9.82. The third kappa shape index (κ3) is 3.96. The van der Waals surface area contributed by atoms with Crippen LogP contribution in [0.15, 0.2) is 42.5 Å². The number of amides is 1. The summed E-state index contributed by atoms with van der Waals surface area (Å²) in [5.41, 5.74) is 1.09. The highest BCUT2D eigenvalue weighted by Gasteiger charge is 2.32. The van der Waals surface area contributed by atoms with E-state index < -0.39 is 23.6 Å². The molecule has 1 aliphatic rings. The molecule has 0 saturated carbocycles. The van der Waals surface area contributed by atoms with Gasteiger partial charge in [0.05, 0.1) is 11.5 Å². The Morgan fingerprint density at radius 2 is 1.68 bits per heavy atom. The predicted octanol–water partition coefficient (Wildman–Crippen LogP) is 3.60. The van der Waals surface area contributed by atoms with Crippen LogP contribution in [0.25, 0.3) is 11.1 Å². The van der Waals surface area contributed by atoms with Crippen molar-refractivity contribution in [1.82, 2.24) is 4.90 Å². The van der Waals surface area contributed by atoms with Crippen LogP contribution in [0.1, 0.15) is 16.8 Å². The lowest BCUT2D eigenvalue weighted by Crippen LogP contribution is -2.30. The lowest BCUT2D eigenvalue weighted by atomic mass is 10.0. The van der Waals surface area contributed by atoms with Crippen molar-refractivity contribution in [2.24, 2.45) is 5.92 Å². The van der Waals surface area contributed by atoms with Gasteiger partial charge in [0, 0.05) is 13.1 Å². The van der Waals surface area contributed by atoms with E-state index in [4.69, 9.17) is 5.11 Å². The molecule has 3 rings (SSSR count). The Bertz CT molecular complexity index is 795. The summed E-state index contributed by atoms with van der Waals surface area (Å²) < 4.78 is 27.3. The molecular formula is C18H16ClF2NO3. The Labute approximate surface area is 149 Å². The molecule has 1 amide bonds. The number of benzene rings is 2. The monoisotopic (exact) mass is 367 g/mol. The molecule has 2 aromatic carbocycles. The molecule has 0 radical (unpaired) electrons. The van der Waals surface area contributed by atoms with Gasteiger partial charge in [0.15, 0.2) is 0 Å². The molecule has 1 fully saturated rings. The largest absolute Gasteiger partial charge is 0.481 e. The smallest absolute Gasteiger partial charge is 0.308 e. The van der Waals surface area contributed by atoms with Gasteiger partial charge < -0.3 is 10.0 Å². The first-order valence-corrected chi connectivity index (χ1v) is 7.53. The van der Waals surface area contributed by atoms with Gasteiger partial charge in [-0.25, -0.2) is 8.78 Å². The van der Waals surface area contributed by atoms with Crippen molar-refractivity contribution in [2.75, 3.05) is 13.1 Å². The molecule has 7 heteroatoms. The molecule has 1 unspecified atom stereocenters. The topological polar surface area (TPSA) is 57.6 Å². The van der Waals surface area contributed by atoms with E-state index in [2.05, 4.69) is 0 Å². The van der Waals surface area contributed by atoms with Crippen molar-refractivity contribution in [1.29, 1.82) is 0 Å². The molecule has 2 aromatic rings. The first-order chi connectivity index (χ1) is 11.5. The number of carbonyl (C=O) groups excluding carboxylic acids is 1. The van der Waals surface area contributed by atoms with Gasteiger partial charge in [-0.1, -0.05) is 18.2 Å². The normalized spacial score (nSPS) is 16.4. The summed E-state index contributed by atoms with van der Waals surface area (Å²) in [5, 5.41) is 8.98. The fourth-order valence-electron chi connectivity index (χ4n) is 2.83. The molecule has 0 spiro atoms. The highest BCUT2D eigenvalue weighted by molar-refractivity contribution is 5.95. The third-order valence-corrected chi connectivity index (χ3v) is 4.20. The second kappa shape index (κ2) is 7.61. The van der Waals surface area contributed by atoms with Crippen molar-refractivity contribution < 1.29 is 23.5 Å². The van der Waals surface area contributed by atoms with Crippen molar-refractivity contribution in [3.63, 3.8) is 0 Å². The van der Waals surface area contributed by atoms with Crippen LogP contribution in [0.4, 0.5) is 8.78 Å². The number of nitrogens with zero attached hydrogens (tertiary/aromatic N) is 1. The van der Waals surface area contributed by atoms with Gasteiger partial charge >= 0.3 is 5.97 Å². The van der Waals surface area contributed by atoms with Gasteiger partial charge in [0.25, 0.3) is 5.91 Å². The Morgan fingerprint density at radius 3 is 2.24 bits per heavy atom. The average molecular weight is 368 g/mol. The molecule has 4 nitrogen and oxygen atoms in total. The van der Waals surface area contributed by atoms with Gasteiger partial charge in [-0.3, -0.25) is 9.59 Å². The molecule has 1 saturated heterocycles. The lowest BCUT2D eigenvalue weighted by Gasteiger charge is -2.16. The van der Waals surface area contributed by atoms with Gasteiger partial charge in [-0.2, -0.15) is 0 Å². The number of halogens is 3. The van der Waals surface area contributed by atoms with E-state index in [0.717, 1.165) is 0 Å². The molecule has 1 atom stereocenters. The zero-order chi connectivity index (χ0) is 17.3. The lowest BCUT2D eigenvalue weighted by molar-refractivity contribution is -0.141. The van der Waals surface area contributed by atoms with Gasteiger partial charge in [-0.05, 0) is 41.8 Å². The Hall–Kier alpha value is -2.47. The maximum absolute atomic E-state index is 14.3. The fraction of sp³-hybridized carbons (Fsp3) is 0.222. The number of hydrogen-bond acceptors (Lipinski definition) is 2. The Kier molecular flexibility index (Phi) is 5.74. The minimum absolute atomic E-state index is 0. The van der Waals surface area contributed by atoms with Crippen LogP contribution in [0.5, 0.6) is 0 Å². The number of carboxylic acid groups (broad SMARTS) is 1. The molecule has 1 aliphatic heterocycles. The molecule has 0 aromatic heterocycles. The number of likely N-dealkylation sites (tertiary alicyclic amines) is 1. The van der Waals surface area contributed by atoms with Crippen molar-refractivity contribution in [3.8, 4) is 11.1 Å². The molecule has 25 heavy (non-hydrogen) atoms. The number of rotatable bonds is 3. The first-order valence-electron chi connectivity index (χ1n) is 7.53. The van der Waals surface area contributed by atoms with Crippen LogP contribution in [0.2, 0.25) is 0 Å². The second-order valence-electron chi connectivity index (χ2n) is 5.78. The van der Waals surface area contributed by atoms with Crippen LogP contribution in [-0.2, 0) is 4.79 Å². The maximum Gasteiger partial charge on any atom is 0.308 e. The summed E-state index contributed by atoms with van der Waals surface area (Å²) >= 11 is 0.